The fourth-order valence-corrected chi connectivity index (χ4v) is 11.5. The Hall–Kier alpha value is -8.92. The number of nitrogens with one attached hydrogen (secondary N) is 2. The Labute approximate surface area is 486 Å². The van der Waals surface area contributed by atoms with Crippen LogP contribution in [0.2, 0.25) is 0 Å². The number of ketones is 1. The number of thiazole rings is 1. The lowest BCUT2D eigenvalue weighted by atomic mass is 9.77. The predicted molar refractivity (Wildman–Crippen MR) is 315 cm³/mol. The van der Waals surface area contributed by atoms with Gasteiger partial charge in [-0.2, -0.15) is 8.42 Å². The van der Waals surface area contributed by atoms with Crippen LogP contribution in [0, 0.1) is 5.92 Å². The Kier molecular flexibility index (Phi) is 18.3. The zero-order chi connectivity index (χ0) is 58.7. The van der Waals surface area contributed by atoms with Crippen molar-refractivity contribution in [2.45, 2.75) is 83.0 Å². The molecule has 0 aliphatic carbocycles. The molecule has 1 saturated heterocycles. The largest absolute Gasteiger partial charge is 0.489 e. The molecule has 21 heteroatoms. The molecule has 7 aromatic rings. The van der Waals surface area contributed by atoms with E-state index in [4.69, 9.17) is 29.8 Å². The second-order valence-corrected chi connectivity index (χ2v) is 23.0. The lowest BCUT2D eigenvalue weighted by Gasteiger charge is -2.41. The molecule has 0 unspecified atom stereocenters. The average molecular weight is 1160 g/mol. The quantitative estimate of drug-likeness (QED) is 0.00681. The number of aromatic nitrogens is 1. The van der Waals surface area contributed by atoms with Gasteiger partial charge in [0, 0.05) is 38.0 Å². The summed E-state index contributed by atoms with van der Waals surface area (Å²) in [7, 11) is -4.91. The summed E-state index contributed by atoms with van der Waals surface area (Å²) in [5, 5.41) is 12.7. The van der Waals surface area contributed by atoms with Crippen LogP contribution in [0.5, 0.6) is 5.75 Å². The molecule has 5 N–H and O–H groups in total. The minimum Gasteiger partial charge on any atom is -0.489 e. The molecule has 1 fully saturated rings. The van der Waals surface area contributed by atoms with Gasteiger partial charge in [-0.05, 0) is 85.2 Å². The number of carbonyl (C=O) groups is 4. The smallest absolute Gasteiger partial charge is 0.407 e. The lowest BCUT2D eigenvalue weighted by molar-refractivity contribution is -0.163. The third kappa shape index (κ3) is 14.2. The number of Topliss-reactive ketones (excluding diaryl/α,β-unsaturated/α-hetero) is 1. The van der Waals surface area contributed by atoms with Gasteiger partial charge >= 0.3 is 22.4 Å². The van der Waals surface area contributed by atoms with Crippen LogP contribution in [-0.2, 0) is 57.6 Å². The number of rotatable bonds is 23. The number of guanidine groups is 1. The highest BCUT2D eigenvalue weighted by Crippen LogP contribution is 2.41. The number of nitrogens with zero attached hydrogens (tertiary/aromatic N) is 5. The summed E-state index contributed by atoms with van der Waals surface area (Å²) in [6.45, 7) is 7.92. The molecule has 0 saturated carbocycles. The zero-order valence-corrected chi connectivity index (χ0v) is 47.8. The summed E-state index contributed by atoms with van der Waals surface area (Å²) >= 11 is 1.17. The van der Waals surface area contributed by atoms with Gasteiger partial charge < -0.3 is 40.3 Å². The SMILES string of the molecule is C[C@H]1[C@H](CC(=O)/C(=N\O[C@@H](COc2ccc3c(c2)CN(C(N)=NCCCNC(=O)OC(C)(C)C)C3)C(=O)OC(c2ccccc2)c2ccccc2)c2csc(NC(c3ccccc3)(c3ccccc3)c3ccccc3)n2)C(=O)N1S(=O)(=O)O. The molecule has 2 aliphatic rings. The van der Waals surface area contributed by atoms with E-state index in [-0.39, 0.29) is 11.4 Å². The Balaban J connectivity index is 1.02. The number of hydrogen-bond acceptors (Lipinski definition) is 15. The number of aliphatic imine (C=N–C) groups is 1. The van der Waals surface area contributed by atoms with Crippen molar-refractivity contribution in [1.29, 1.82) is 0 Å². The zero-order valence-electron chi connectivity index (χ0n) is 46.2. The monoisotopic (exact) mass is 1160 g/mol. The van der Waals surface area contributed by atoms with Crippen LogP contribution >= 0.6 is 11.3 Å². The van der Waals surface area contributed by atoms with Gasteiger partial charge in [-0.3, -0.25) is 19.1 Å². The highest BCUT2D eigenvalue weighted by atomic mass is 32.2. The molecular weight excluding hydrogens is 1100 g/mol. The lowest BCUT2D eigenvalue weighted by Crippen LogP contribution is -2.62. The van der Waals surface area contributed by atoms with Crippen molar-refractivity contribution < 1.29 is 51.2 Å². The van der Waals surface area contributed by atoms with Crippen LogP contribution in [0.25, 0.3) is 0 Å². The number of hydrogen-bond donors (Lipinski definition) is 4. The van der Waals surface area contributed by atoms with Crippen molar-refractivity contribution in [2.75, 3.05) is 25.0 Å². The molecule has 0 bridgehead atoms. The van der Waals surface area contributed by atoms with E-state index < -0.39 is 82.4 Å². The van der Waals surface area contributed by atoms with Crippen LogP contribution in [0.15, 0.2) is 185 Å². The van der Waals surface area contributed by atoms with E-state index >= 15 is 0 Å². The van der Waals surface area contributed by atoms with E-state index in [1.807, 2.05) is 169 Å². The maximum Gasteiger partial charge on any atom is 0.407 e. The molecule has 6 aromatic carbocycles. The van der Waals surface area contributed by atoms with E-state index in [1.165, 1.54) is 18.3 Å². The van der Waals surface area contributed by atoms with Gasteiger partial charge in [-0.1, -0.05) is 163 Å². The van der Waals surface area contributed by atoms with Gasteiger partial charge in [0.1, 0.15) is 29.2 Å². The number of fused-ring (bicyclic) bond motifs is 1. The number of ether oxygens (including phenoxy) is 3. The Bertz CT molecular complexity index is 3430. The van der Waals surface area contributed by atoms with Gasteiger partial charge in [0.05, 0.1) is 12.0 Å². The maximum atomic E-state index is 14.8. The fraction of sp³-hybridized carbons (Fsp3) is 0.274. The van der Waals surface area contributed by atoms with E-state index in [0.29, 0.717) is 64.9 Å². The summed E-state index contributed by atoms with van der Waals surface area (Å²) < 4.78 is 52.3. The molecule has 2 aliphatic heterocycles. The summed E-state index contributed by atoms with van der Waals surface area (Å²) in [6.07, 6.45) is -3.07. The van der Waals surface area contributed by atoms with Crippen LogP contribution in [-0.4, -0.2) is 100 Å². The van der Waals surface area contributed by atoms with Crippen molar-refractivity contribution >= 4 is 62.2 Å². The van der Waals surface area contributed by atoms with E-state index in [1.54, 1.807) is 32.2 Å². The first kappa shape index (κ1) is 58.7. The van der Waals surface area contributed by atoms with Crippen molar-refractivity contribution in [2.24, 2.45) is 21.8 Å². The third-order valence-electron chi connectivity index (χ3n) is 13.9. The molecule has 19 nitrogen and oxygen atoms in total. The third-order valence-corrected chi connectivity index (χ3v) is 15.7. The minimum atomic E-state index is -4.91. The Morgan fingerprint density at radius 1 is 0.807 bits per heavy atom. The van der Waals surface area contributed by atoms with Crippen LogP contribution in [0.4, 0.5) is 9.93 Å². The first-order valence-corrected chi connectivity index (χ1v) is 29.2. The predicted octanol–water partition coefficient (Wildman–Crippen LogP) is 9.20. The van der Waals surface area contributed by atoms with E-state index in [0.717, 1.165) is 27.8 Å². The number of amides is 2. The van der Waals surface area contributed by atoms with Gasteiger partial charge in [0.25, 0.3) is 6.10 Å². The van der Waals surface area contributed by atoms with Crippen molar-refractivity contribution in [3.8, 4) is 5.75 Å². The number of β-lactam (4-membered cyclic amide) rings is 1. The van der Waals surface area contributed by atoms with Gasteiger partial charge in [0.15, 0.2) is 28.7 Å². The fourth-order valence-electron chi connectivity index (χ4n) is 9.86. The van der Waals surface area contributed by atoms with Crippen LogP contribution in [0.1, 0.15) is 91.3 Å². The van der Waals surface area contributed by atoms with Crippen molar-refractivity contribution in [1.82, 2.24) is 19.5 Å². The highest BCUT2D eigenvalue weighted by Gasteiger charge is 2.51. The normalized spacial score (nSPS) is 15.9. The average Bonchev–Trinajstić information content (AvgIpc) is 1.61. The molecule has 0 radical (unpaired) electrons. The number of oxime groups is 1. The Morgan fingerprint density at radius 2 is 1.36 bits per heavy atom. The Morgan fingerprint density at radius 3 is 1.90 bits per heavy atom. The molecule has 430 valence electrons. The molecule has 9 rings (SSSR count). The highest BCUT2D eigenvalue weighted by molar-refractivity contribution is 7.84. The maximum absolute atomic E-state index is 14.8. The molecule has 1 aromatic heterocycles. The topological polar surface area (TPSA) is 254 Å². The second kappa shape index (κ2) is 25.9. The number of nitrogens with two attached hydrogens (primary N) is 1. The number of benzene rings is 6. The van der Waals surface area contributed by atoms with Crippen LogP contribution in [0.3, 0.4) is 0 Å². The molecule has 0 spiro atoms. The molecular formula is C62H64N8O11S2. The summed E-state index contributed by atoms with van der Waals surface area (Å²) in [6, 6.07) is 52.1. The van der Waals surface area contributed by atoms with Crippen molar-refractivity contribution in [3.63, 3.8) is 0 Å². The second-order valence-electron chi connectivity index (χ2n) is 20.9. The van der Waals surface area contributed by atoms with Gasteiger partial charge in [-0.15, -0.1) is 11.3 Å². The van der Waals surface area contributed by atoms with Gasteiger partial charge in [-0.25, -0.2) is 18.9 Å². The molecule has 83 heavy (non-hydrogen) atoms. The van der Waals surface area contributed by atoms with E-state index in [2.05, 4.69) is 20.8 Å². The minimum absolute atomic E-state index is 0.0135. The first-order valence-electron chi connectivity index (χ1n) is 26.9. The number of anilines is 1. The molecule has 3 atom stereocenters. The van der Waals surface area contributed by atoms with E-state index in [9.17, 15) is 32.1 Å². The molecule has 3 heterocycles. The first-order chi connectivity index (χ1) is 39.9. The number of alkyl carbamates (subject to hydrolysis) is 1. The van der Waals surface area contributed by atoms with Crippen molar-refractivity contribution in [3.05, 3.63) is 220 Å². The van der Waals surface area contributed by atoms with Crippen LogP contribution < -0.4 is 21.1 Å². The summed E-state index contributed by atoms with van der Waals surface area (Å²) in [5.41, 5.74) is 10.3. The standard InChI is InChI=1S/C62H64N8O11S2/c1-41-50(56(72)70(41)83(75,76)77)36-52(71)54(51-40-82-59(66-51)67-62(46-25-14-7-15-26-46,47-27-16-8-17-28-47)48-29-18-9-19-30-48)68-81-53(57(73)79-55(42-21-10-5-11-22-42)43-23-12-6-13-24-43)39-78-49-32-31-44-37-69(38-45(44)35-49)58(63)64-33-20-34-65-60(74)80-61(2,3)4/h5-19,21-32,35,40-41,50,53,55H,20,33-34,36-39H2,1-4H3,(H2,63,64)(H,65,74)(H,66,67)(H,75,76,77)/b68-54-/t41-,50-,53-/m0/s1. The summed E-state index contributed by atoms with van der Waals surface area (Å²) in [5.74, 6) is -3.13. The number of carbonyl (C=O) groups excluding carboxylic acids is 4. The molecule has 2 amide bonds. The summed E-state index contributed by atoms with van der Waals surface area (Å²) in [4.78, 5) is 72.4. The van der Waals surface area contributed by atoms with Gasteiger partial charge in [0.2, 0.25) is 5.91 Å². The number of esters is 1.